The largest absolute Gasteiger partial charge is 0.348 e. The van der Waals surface area contributed by atoms with Crippen molar-refractivity contribution in [1.82, 2.24) is 15.3 Å². The molecule has 0 aromatic carbocycles. The average molecular weight is 190 g/mol. The summed E-state index contributed by atoms with van der Waals surface area (Å²) in [6, 6.07) is 2.70. The van der Waals surface area contributed by atoms with Gasteiger partial charge >= 0.3 is 0 Å². The molecule has 2 N–H and O–H groups in total. The highest BCUT2D eigenvalue weighted by atomic mass is 15.0. The van der Waals surface area contributed by atoms with Crippen molar-refractivity contribution in [2.45, 2.75) is 31.8 Å². The van der Waals surface area contributed by atoms with Crippen LogP contribution in [-0.2, 0) is 6.54 Å². The van der Waals surface area contributed by atoms with Crippen molar-refractivity contribution in [3.63, 3.8) is 0 Å². The van der Waals surface area contributed by atoms with E-state index in [2.05, 4.69) is 21.4 Å². The van der Waals surface area contributed by atoms with Gasteiger partial charge < -0.3 is 10.3 Å². The number of hydrogen-bond donors (Lipinski definition) is 2. The van der Waals surface area contributed by atoms with Gasteiger partial charge in [-0.2, -0.15) is 5.26 Å². The number of rotatable bonds is 3. The second kappa shape index (κ2) is 4.25. The fourth-order valence-corrected chi connectivity index (χ4v) is 1.98. The summed E-state index contributed by atoms with van der Waals surface area (Å²) in [6.07, 6.45) is 6.86. The zero-order chi connectivity index (χ0) is 9.80. The molecule has 1 aromatic rings. The van der Waals surface area contributed by atoms with E-state index in [1.54, 1.807) is 6.20 Å². The first-order chi connectivity index (χ1) is 6.90. The standard InChI is InChI=1S/C10H14N4/c11-6-8-2-1-3-9(8)14-7-10-12-4-5-13-10/h4-5,8-9,14H,1-3,7H2,(H,12,13). The molecule has 4 heteroatoms. The number of imidazole rings is 1. The van der Waals surface area contributed by atoms with Crippen molar-refractivity contribution in [2.24, 2.45) is 5.92 Å². The van der Waals surface area contributed by atoms with Crippen LogP contribution in [0.5, 0.6) is 0 Å². The molecule has 1 aliphatic rings. The van der Waals surface area contributed by atoms with Crippen LogP contribution in [0, 0.1) is 17.2 Å². The summed E-state index contributed by atoms with van der Waals surface area (Å²) in [5.41, 5.74) is 0. The normalized spacial score (nSPS) is 26.2. The SMILES string of the molecule is N#CC1CCCC1NCc1ncc[nH]1. The zero-order valence-corrected chi connectivity index (χ0v) is 8.03. The van der Waals surface area contributed by atoms with Crippen LogP contribution in [-0.4, -0.2) is 16.0 Å². The van der Waals surface area contributed by atoms with Gasteiger partial charge in [0.25, 0.3) is 0 Å². The van der Waals surface area contributed by atoms with Crippen molar-refractivity contribution in [2.75, 3.05) is 0 Å². The summed E-state index contributed by atoms with van der Waals surface area (Å²) in [7, 11) is 0. The van der Waals surface area contributed by atoms with Crippen LogP contribution >= 0.6 is 0 Å². The molecule has 0 radical (unpaired) electrons. The first-order valence-corrected chi connectivity index (χ1v) is 5.01. The topological polar surface area (TPSA) is 64.5 Å². The van der Waals surface area contributed by atoms with Gasteiger partial charge in [-0.25, -0.2) is 4.98 Å². The van der Waals surface area contributed by atoms with E-state index >= 15 is 0 Å². The van der Waals surface area contributed by atoms with Gasteiger partial charge in [-0.05, 0) is 12.8 Å². The highest BCUT2D eigenvalue weighted by Crippen LogP contribution is 2.24. The Morgan fingerprint density at radius 3 is 3.29 bits per heavy atom. The third-order valence-corrected chi connectivity index (χ3v) is 2.77. The highest BCUT2D eigenvalue weighted by Gasteiger charge is 2.26. The quantitative estimate of drug-likeness (QED) is 0.752. The number of nitrogens with one attached hydrogen (secondary N) is 2. The molecular weight excluding hydrogens is 176 g/mol. The van der Waals surface area contributed by atoms with Crippen molar-refractivity contribution >= 4 is 0 Å². The maximum absolute atomic E-state index is 8.88. The minimum atomic E-state index is 0.185. The molecule has 1 aliphatic carbocycles. The number of aromatic amines is 1. The first kappa shape index (κ1) is 9.22. The summed E-state index contributed by atoms with van der Waals surface area (Å²) < 4.78 is 0. The molecule has 1 saturated carbocycles. The molecule has 0 aliphatic heterocycles. The van der Waals surface area contributed by atoms with Gasteiger partial charge in [0, 0.05) is 18.4 Å². The van der Waals surface area contributed by atoms with E-state index in [1.165, 1.54) is 0 Å². The lowest BCUT2D eigenvalue weighted by Gasteiger charge is -2.14. The highest BCUT2D eigenvalue weighted by molar-refractivity contribution is 4.97. The van der Waals surface area contributed by atoms with Crippen molar-refractivity contribution in [3.05, 3.63) is 18.2 Å². The molecule has 1 heterocycles. The average Bonchev–Trinajstić information content (AvgIpc) is 2.85. The second-order valence-corrected chi connectivity index (χ2v) is 3.69. The molecule has 1 aromatic heterocycles. The molecule has 4 nitrogen and oxygen atoms in total. The van der Waals surface area contributed by atoms with Gasteiger partial charge in [-0.3, -0.25) is 0 Å². The van der Waals surface area contributed by atoms with E-state index in [-0.39, 0.29) is 5.92 Å². The van der Waals surface area contributed by atoms with Crippen molar-refractivity contribution < 1.29 is 0 Å². The van der Waals surface area contributed by atoms with Crippen LogP contribution in [0.2, 0.25) is 0 Å². The van der Waals surface area contributed by atoms with E-state index in [4.69, 9.17) is 5.26 Å². The summed E-state index contributed by atoms with van der Waals surface area (Å²) in [5, 5.41) is 12.2. The molecule has 2 atom stereocenters. The minimum Gasteiger partial charge on any atom is -0.348 e. The molecular formula is C10H14N4. The lowest BCUT2D eigenvalue weighted by Crippen LogP contribution is -2.31. The first-order valence-electron chi connectivity index (χ1n) is 5.01. The predicted molar refractivity (Wildman–Crippen MR) is 52.2 cm³/mol. The molecule has 2 rings (SSSR count). The molecule has 0 saturated heterocycles. The second-order valence-electron chi connectivity index (χ2n) is 3.69. The Balaban J connectivity index is 1.83. The van der Waals surface area contributed by atoms with E-state index in [0.29, 0.717) is 6.04 Å². The Morgan fingerprint density at radius 2 is 2.57 bits per heavy atom. The number of H-pyrrole nitrogens is 1. The van der Waals surface area contributed by atoms with Crippen molar-refractivity contribution in [1.29, 1.82) is 5.26 Å². The third kappa shape index (κ3) is 1.94. The fourth-order valence-electron chi connectivity index (χ4n) is 1.98. The molecule has 74 valence electrons. The summed E-state index contributed by atoms with van der Waals surface area (Å²) >= 11 is 0. The van der Waals surface area contributed by atoms with Crippen molar-refractivity contribution in [3.8, 4) is 6.07 Å². The molecule has 0 spiro atoms. The van der Waals surface area contributed by atoms with Crippen LogP contribution in [0.15, 0.2) is 12.4 Å². The van der Waals surface area contributed by atoms with Crippen LogP contribution in [0.4, 0.5) is 0 Å². The Kier molecular flexibility index (Phi) is 2.80. The van der Waals surface area contributed by atoms with E-state index in [9.17, 15) is 0 Å². The summed E-state index contributed by atoms with van der Waals surface area (Å²) in [6.45, 7) is 0.732. The third-order valence-electron chi connectivity index (χ3n) is 2.77. The Bertz CT molecular complexity index is 311. The van der Waals surface area contributed by atoms with Crippen LogP contribution < -0.4 is 5.32 Å². The van der Waals surface area contributed by atoms with Gasteiger partial charge in [-0.1, -0.05) is 6.42 Å². The van der Waals surface area contributed by atoms with E-state index in [0.717, 1.165) is 31.6 Å². The van der Waals surface area contributed by atoms with Gasteiger partial charge in [-0.15, -0.1) is 0 Å². The number of aromatic nitrogens is 2. The summed E-state index contributed by atoms with van der Waals surface area (Å²) in [4.78, 5) is 7.16. The molecule has 0 bridgehead atoms. The predicted octanol–water partition coefficient (Wildman–Crippen LogP) is 1.19. The smallest absolute Gasteiger partial charge is 0.120 e. The minimum absolute atomic E-state index is 0.185. The van der Waals surface area contributed by atoms with Gasteiger partial charge in [0.1, 0.15) is 5.82 Å². The Hall–Kier alpha value is -1.34. The van der Waals surface area contributed by atoms with Gasteiger partial charge in [0.2, 0.25) is 0 Å². The lowest BCUT2D eigenvalue weighted by atomic mass is 10.1. The molecule has 0 amide bonds. The molecule has 14 heavy (non-hydrogen) atoms. The lowest BCUT2D eigenvalue weighted by molar-refractivity contribution is 0.458. The number of nitriles is 1. The van der Waals surface area contributed by atoms with Crippen LogP contribution in [0.3, 0.4) is 0 Å². The van der Waals surface area contributed by atoms with Gasteiger partial charge in [0.15, 0.2) is 0 Å². The Labute approximate surface area is 83.4 Å². The Morgan fingerprint density at radius 1 is 1.64 bits per heavy atom. The van der Waals surface area contributed by atoms with Gasteiger partial charge in [0.05, 0.1) is 18.5 Å². The summed E-state index contributed by atoms with van der Waals surface area (Å²) in [5.74, 6) is 1.12. The van der Waals surface area contributed by atoms with Crippen LogP contribution in [0.25, 0.3) is 0 Å². The number of hydrogen-bond acceptors (Lipinski definition) is 3. The zero-order valence-electron chi connectivity index (χ0n) is 8.03. The fraction of sp³-hybridized carbons (Fsp3) is 0.600. The monoisotopic (exact) mass is 190 g/mol. The van der Waals surface area contributed by atoms with Crippen LogP contribution in [0.1, 0.15) is 25.1 Å². The maximum Gasteiger partial charge on any atom is 0.120 e. The van der Waals surface area contributed by atoms with E-state index < -0.39 is 0 Å². The maximum atomic E-state index is 8.88. The number of nitrogens with zero attached hydrogens (tertiary/aromatic N) is 2. The van der Waals surface area contributed by atoms with E-state index in [1.807, 2.05) is 6.20 Å². The molecule has 1 fully saturated rings. The molecule has 2 unspecified atom stereocenters.